The predicted molar refractivity (Wildman–Crippen MR) is 213 cm³/mol. The Labute approximate surface area is 300 Å². The molecule has 0 aliphatic carbocycles. The number of fused-ring (bicyclic) bond motifs is 5. The number of hydrogen-bond acceptors (Lipinski definition) is 5. The summed E-state index contributed by atoms with van der Waals surface area (Å²) in [6.45, 7) is 0. The fraction of sp³-hybridized carbons (Fsp3) is 0. The van der Waals surface area contributed by atoms with Gasteiger partial charge in [-0.2, -0.15) is 0 Å². The van der Waals surface area contributed by atoms with Crippen molar-refractivity contribution in [3.8, 4) is 34.2 Å². The van der Waals surface area contributed by atoms with Crippen LogP contribution < -0.4 is 4.90 Å². The predicted octanol–water partition coefficient (Wildman–Crippen LogP) is 12.5. The van der Waals surface area contributed by atoms with Crippen LogP contribution in [0.3, 0.4) is 0 Å². The maximum Gasteiger partial charge on any atom is 0.164 e. The van der Waals surface area contributed by atoms with Crippen LogP contribution in [-0.2, 0) is 0 Å². The van der Waals surface area contributed by atoms with Gasteiger partial charge in [-0.05, 0) is 41.1 Å². The fourth-order valence-electron chi connectivity index (χ4n) is 7.23. The Morgan fingerprint density at radius 1 is 0.346 bits per heavy atom. The van der Waals surface area contributed by atoms with Gasteiger partial charge in [0.25, 0.3) is 0 Å². The summed E-state index contributed by atoms with van der Waals surface area (Å²) in [4.78, 5) is 17.2. The van der Waals surface area contributed by atoms with Crippen molar-refractivity contribution in [2.75, 3.05) is 4.90 Å². The van der Waals surface area contributed by atoms with Gasteiger partial charge in [0.2, 0.25) is 0 Å². The van der Waals surface area contributed by atoms with E-state index in [4.69, 9.17) is 19.4 Å². The Bertz CT molecular complexity index is 2770. The Morgan fingerprint density at radius 2 is 0.808 bits per heavy atom. The first-order valence-corrected chi connectivity index (χ1v) is 17.4. The van der Waals surface area contributed by atoms with Crippen LogP contribution in [0.1, 0.15) is 0 Å². The lowest BCUT2D eigenvalue weighted by atomic mass is 10.0. The van der Waals surface area contributed by atoms with Crippen LogP contribution in [0.4, 0.5) is 17.1 Å². The van der Waals surface area contributed by atoms with Crippen molar-refractivity contribution >= 4 is 60.5 Å². The minimum absolute atomic E-state index is 0.587. The summed E-state index contributed by atoms with van der Waals surface area (Å²) in [5.41, 5.74) is 7.40. The summed E-state index contributed by atoms with van der Waals surface area (Å²) in [5, 5.41) is 6.73. The van der Waals surface area contributed by atoms with Gasteiger partial charge in [-0.1, -0.05) is 152 Å². The third-order valence-corrected chi connectivity index (χ3v) is 9.69. The molecule has 52 heavy (non-hydrogen) atoms. The highest BCUT2D eigenvalue weighted by molar-refractivity contribution is 6.13. The van der Waals surface area contributed by atoms with Crippen LogP contribution in [0, 0.1) is 0 Å². The molecule has 8 aromatic carbocycles. The van der Waals surface area contributed by atoms with Gasteiger partial charge in [0.1, 0.15) is 5.58 Å². The number of anilines is 3. The van der Waals surface area contributed by atoms with E-state index >= 15 is 0 Å². The minimum Gasteiger partial charge on any atom is -0.454 e. The van der Waals surface area contributed by atoms with Gasteiger partial charge < -0.3 is 9.32 Å². The van der Waals surface area contributed by atoms with Crippen molar-refractivity contribution in [3.05, 3.63) is 182 Å². The standard InChI is InChI=1S/C47H30N4O/c1-3-16-33(17-4-1)45-48-46(34-18-5-2-6-19-34)50-47(49-45)35-28-29-38-39-24-13-27-42(44(39)52-43(38)30-35)51(40-25-11-20-31-14-7-9-22-36(31)40)41-26-12-21-32-15-8-10-23-37(32)41/h1-30H. The molecule has 0 bridgehead atoms. The second-order valence-electron chi connectivity index (χ2n) is 12.8. The molecule has 244 valence electrons. The van der Waals surface area contributed by atoms with Crippen LogP contribution in [0.5, 0.6) is 0 Å². The van der Waals surface area contributed by atoms with Crippen molar-refractivity contribution in [3.63, 3.8) is 0 Å². The van der Waals surface area contributed by atoms with Gasteiger partial charge >= 0.3 is 0 Å². The lowest BCUT2D eigenvalue weighted by molar-refractivity contribution is 0.669. The molecule has 0 N–H and O–H groups in total. The van der Waals surface area contributed by atoms with E-state index in [0.29, 0.717) is 17.5 Å². The highest BCUT2D eigenvalue weighted by atomic mass is 16.3. The number of nitrogens with zero attached hydrogens (tertiary/aromatic N) is 4. The normalized spacial score (nSPS) is 11.5. The number of para-hydroxylation sites is 1. The molecule has 0 atom stereocenters. The van der Waals surface area contributed by atoms with Gasteiger partial charge in [0.15, 0.2) is 23.1 Å². The molecule has 0 saturated carbocycles. The van der Waals surface area contributed by atoms with Crippen molar-refractivity contribution in [2.24, 2.45) is 0 Å². The summed E-state index contributed by atoms with van der Waals surface area (Å²) < 4.78 is 6.91. The quantitative estimate of drug-likeness (QED) is 0.177. The number of benzene rings is 8. The molecule has 0 amide bonds. The molecular weight excluding hydrogens is 637 g/mol. The van der Waals surface area contributed by atoms with E-state index in [2.05, 4.69) is 126 Å². The number of rotatable bonds is 6. The number of hydrogen-bond donors (Lipinski definition) is 0. The van der Waals surface area contributed by atoms with Gasteiger partial charge in [-0.25, -0.2) is 15.0 Å². The average molecular weight is 667 g/mol. The molecule has 2 aromatic heterocycles. The third kappa shape index (κ3) is 5.07. The van der Waals surface area contributed by atoms with Crippen LogP contribution in [0.25, 0.3) is 77.6 Å². The maximum atomic E-state index is 6.91. The molecule has 10 rings (SSSR count). The van der Waals surface area contributed by atoms with E-state index in [1.165, 1.54) is 10.8 Å². The second-order valence-corrected chi connectivity index (χ2v) is 12.8. The molecule has 0 aliphatic heterocycles. The maximum absolute atomic E-state index is 6.91. The summed E-state index contributed by atoms with van der Waals surface area (Å²) in [6, 6.07) is 62.8. The fourth-order valence-corrected chi connectivity index (χ4v) is 7.23. The first-order valence-electron chi connectivity index (χ1n) is 17.4. The van der Waals surface area contributed by atoms with Crippen LogP contribution in [-0.4, -0.2) is 15.0 Å². The van der Waals surface area contributed by atoms with E-state index in [-0.39, 0.29) is 0 Å². The molecule has 5 nitrogen and oxygen atoms in total. The Balaban J connectivity index is 1.18. The summed E-state index contributed by atoms with van der Waals surface area (Å²) in [5.74, 6) is 1.83. The third-order valence-electron chi connectivity index (χ3n) is 9.69. The second kappa shape index (κ2) is 12.3. The summed E-state index contributed by atoms with van der Waals surface area (Å²) >= 11 is 0. The number of aromatic nitrogens is 3. The van der Waals surface area contributed by atoms with E-state index < -0.39 is 0 Å². The summed E-state index contributed by atoms with van der Waals surface area (Å²) in [6.07, 6.45) is 0. The van der Waals surface area contributed by atoms with Crippen molar-refractivity contribution < 1.29 is 4.42 Å². The Hall–Kier alpha value is -7.11. The summed E-state index contributed by atoms with van der Waals surface area (Å²) in [7, 11) is 0. The van der Waals surface area contributed by atoms with E-state index in [1.807, 2.05) is 60.7 Å². The molecule has 2 heterocycles. The van der Waals surface area contributed by atoms with E-state index in [9.17, 15) is 0 Å². The highest BCUT2D eigenvalue weighted by Gasteiger charge is 2.23. The lowest BCUT2D eigenvalue weighted by Gasteiger charge is -2.28. The van der Waals surface area contributed by atoms with Crippen LogP contribution in [0.2, 0.25) is 0 Å². The zero-order valence-corrected chi connectivity index (χ0v) is 28.0. The average Bonchev–Trinajstić information content (AvgIpc) is 3.60. The van der Waals surface area contributed by atoms with Gasteiger partial charge in [0, 0.05) is 38.2 Å². The molecule has 0 radical (unpaired) electrons. The lowest BCUT2D eigenvalue weighted by Crippen LogP contribution is -2.11. The minimum atomic E-state index is 0.587. The van der Waals surface area contributed by atoms with E-state index in [1.54, 1.807) is 0 Å². The monoisotopic (exact) mass is 666 g/mol. The molecule has 10 aromatic rings. The first kappa shape index (κ1) is 29.8. The van der Waals surface area contributed by atoms with Crippen LogP contribution in [0.15, 0.2) is 186 Å². The molecule has 0 fully saturated rings. The zero-order chi connectivity index (χ0) is 34.4. The van der Waals surface area contributed by atoms with E-state index in [0.717, 1.165) is 66.5 Å². The number of furan rings is 1. The Morgan fingerprint density at radius 3 is 1.40 bits per heavy atom. The molecule has 0 aliphatic rings. The largest absolute Gasteiger partial charge is 0.454 e. The topological polar surface area (TPSA) is 55.1 Å². The SMILES string of the molecule is c1ccc(-c2nc(-c3ccccc3)nc(-c3ccc4c(c3)oc3c(N(c5cccc6ccccc56)c5cccc6ccccc56)cccc34)n2)cc1. The molecule has 5 heteroatoms. The van der Waals surface area contributed by atoms with Gasteiger partial charge in [0.05, 0.1) is 17.1 Å². The zero-order valence-electron chi connectivity index (χ0n) is 28.0. The molecule has 0 unspecified atom stereocenters. The molecule has 0 saturated heterocycles. The van der Waals surface area contributed by atoms with Crippen molar-refractivity contribution in [1.29, 1.82) is 0 Å². The first-order chi connectivity index (χ1) is 25.8. The highest BCUT2D eigenvalue weighted by Crippen LogP contribution is 2.46. The van der Waals surface area contributed by atoms with Gasteiger partial charge in [-0.15, -0.1) is 0 Å². The van der Waals surface area contributed by atoms with Crippen molar-refractivity contribution in [1.82, 2.24) is 15.0 Å². The smallest absolute Gasteiger partial charge is 0.164 e. The van der Waals surface area contributed by atoms with Crippen molar-refractivity contribution in [2.45, 2.75) is 0 Å². The molecule has 0 spiro atoms. The van der Waals surface area contributed by atoms with Crippen LogP contribution >= 0.6 is 0 Å². The Kier molecular flexibility index (Phi) is 7.07. The molecular formula is C47H30N4O. The van der Waals surface area contributed by atoms with Gasteiger partial charge in [-0.3, -0.25) is 0 Å².